The van der Waals surface area contributed by atoms with Gasteiger partial charge >= 0.3 is 0 Å². The summed E-state index contributed by atoms with van der Waals surface area (Å²) in [6, 6.07) is 4.73. The first-order valence-electron chi connectivity index (χ1n) is 7.30. The standard InChI is InChI=1S/C15H21N3/c16-18-15(13-10-4-1-5-11(10)13)12-7-6-9-3-2-8-17-14(9)12/h2-3,8,10-13,15,18H,1,4-7,16H2. The fourth-order valence-corrected chi connectivity index (χ4v) is 4.70. The van der Waals surface area contributed by atoms with Crippen LogP contribution in [0.4, 0.5) is 0 Å². The molecular weight excluding hydrogens is 222 g/mol. The summed E-state index contributed by atoms with van der Waals surface area (Å²) >= 11 is 0. The van der Waals surface area contributed by atoms with Crippen molar-refractivity contribution < 1.29 is 0 Å². The Morgan fingerprint density at radius 3 is 2.89 bits per heavy atom. The van der Waals surface area contributed by atoms with Crippen molar-refractivity contribution in [3.05, 3.63) is 29.6 Å². The van der Waals surface area contributed by atoms with Gasteiger partial charge in [0.25, 0.3) is 0 Å². The molecule has 3 nitrogen and oxygen atoms in total. The number of nitrogens with one attached hydrogen (secondary N) is 1. The maximum atomic E-state index is 5.88. The molecule has 2 saturated carbocycles. The first-order valence-corrected chi connectivity index (χ1v) is 7.30. The van der Waals surface area contributed by atoms with Crippen molar-refractivity contribution in [2.24, 2.45) is 23.6 Å². The second-order valence-electron chi connectivity index (χ2n) is 6.22. The van der Waals surface area contributed by atoms with Crippen molar-refractivity contribution in [1.29, 1.82) is 0 Å². The molecule has 0 spiro atoms. The molecule has 3 aliphatic carbocycles. The molecule has 0 saturated heterocycles. The lowest BCUT2D eigenvalue weighted by Crippen LogP contribution is -2.42. The van der Waals surface area contributed by atoms with Crippen molar-refractivity contribution in [3.63, 3.8) is 0 Å². The third kappa shape index (κ3) is 1.47. The second kappa shape index (κ2) is 4.04. The molecule has 3 N–H and O–H groups in total. The number of hydrogen-bond donors (Lipinski definition) is 2. The van der Waals surface area contributed by atoms with Gasteiger partial charge in [0.2, 0.25) is 0 Å². The SMILES string of the molecule is NNC(C1CCc2cccnc21)C1C2CCCC21. The molecule has 2 fully saturated rings. The van der Waals surface area contributed by atoms with Crippen LogP contribution in [0.25, 0.3) is 0 Å². The zero-order chi connectivity index (χ0) is 12.1. The molecular formula is C15H21N3. The monoisotopic (exact) mass is 243 g/mol. The Morgan fingerprint density at radius 1 is 1.28 bits per heavy atom. The summed E-state index contributed by atoms with van der Waals surface area (Å²) in [5, 5.41) is 0. The van der Waals surface area contributed by atoms with E-state index in [-0.39, 0.29) is 0 Å². The number of rotatable bonds is 3. The van der Waals surface area contributed by atoms with Gasteiger partial charge in [-0.3, -0.25) is 16.3 Å². The Bertz CT molecular complexity index is 449. The summed E-state index contributed by atoms with van der Waals surface area (Å²) in [6.45, 7) is 0. The van der Waals surface area contributed by atoms with Crippen molar-refractivity contribution in [2.75, 3.05) is 0 Å². The minimum Gasteiger partial charge on any atom is -0.271 e. The van der Waals surface area contributed by atoms with Crippen LogP contribution in [0.3, 0.4) is 0 Å². The molecule has 1 heterocycles. The predicted octanol–water partition coefficient (Wildman–Crippen LogP) is 1.99. The summed E-state index contributed by atoms with van der Waals surface area (Å²) < 4.78 is 0. The van der Waals surface area contributed by atoms with Gasteiger partial charge in [-0.25, -0.2) is 0 Å². The van der Waals surface area contributed by atoms with Crippen LogP contribution in [0.1, 0.15) is 42.9 Å². The van der Waals surface area contributed by atoms with E-state index in [4.69, 9.17) is 5.84 Å². The van der Waals surface area contributed by atoms with Gasteiger partial charge in [-0.2, -0.15) is 0 Å². The zero-order valence-electron chi connectivity index (χ0n) is 10.7. The van der Waals surface area contributed by atoms with E-state index in [1.54, 1.807) is 0 Å². The highest BCUT2D eigenvalue weighted by atomic mass is 15.2. The minimum atomic E-state index is 0.455. The first-order chi connectivity index (χ1) is 8.90. The van der Waals surface area contributed by atoms with E-state index in [1.165, 1.54) is 43.4 Å². The molecule has 0 aliphatic heterocycles. The van der Waals surface area contributed by atoms with Gasteiger partial charge in [-0.15, -0.1) is 0 Å². The van der Waals surface area contributed by atoms with Gasteiger partial charge in [0, 0.05) is 23.9 Å². The van der Waals surface area contributed by atoms with E-state index in [2.05, 4.69) is 22.5 Å². The number of hydrogen-bond acceptors (Lipinski definition) is 3. The minimum absolute atomic E-state index is 0.455. The summed E-state index contributed by atoms with van der Waals surface area (Å²) in [7, 11) is 0. The molecule has 3 heteroatoms. The number of hydrazine groups is 1. The Labute approximate surface area is 108 Å². The van der Waals surface area contributed by atoms with Crippen molar-refractivity contribution in [1.82, 2.24) is 10.4 Å². The number of aromatic nitrogens is 1. The molecule has 0 aromatic carbocycles. The van der Waals surface area contributed by atoms with Gasteiger partial charge < -0.3 is 0 Å². The molecule has 0 radical (unpaired) electrons. The largest absolute Gasteiger partial charge is 0.271 e. The van der Waals surface area contributed by atoms with Crippen LogP contribution in [-0.4, -0.2) is 11.0 Å². The van der Waals surface area contributed by atoms with Crippen LogP contribution in [0.5, 0.6) is 0 Å². The van der Waals surface area contributed by atoms with Crippen molar-refractivity contribution >= 4 is 0 Å². The van der Waals surface area contributed by atoms with Gasteiger partial charge in [-0.1, -0.05) is 12.5 Å². The summed E-state index contributed by atoms with van der Waals surface area (Å²) in [6.07, 6.45) is 8.61. The molecule has 96 valence electrons. The Morgan fingerprint density at radius 2 is 2.11 bits per heavy atom. The van der Waals surface area contributed by atoms with Gasteiger partial charge in [0.05, 0.1) is 0 Å². The molecule has 4 unspecified atom stereocenters. The number of nitrogens with two attached hydrogens (primary N) is 1. The van der Waals surface area contributed by atoms with E-state index in [0.29, 0.717) is 12.0 Å². The normalized spacial score (nSPS) is 38.3. The Hall–Kier alpha value is -0.930. The van der Waals surface area contributed by atoms with Crippen LogP contribution in [-0.2, 0) is 6.42 Å². The number of pyridine rings is 1. The summed E-state index contributed by atoms with van der Waals surface area (Å²) in [5.74, 6) is 9.15. The molecule has 0 amide bonds. The van der Waals surface area contributed by atoms with Gasteiger partial charge in [0.1, 0.15) is 0 Å². The van der Waals surface area contributed by atoms with Crippen molar-refractivity contribution in [3.8, 4) is 0 Å². The molecule has 4 atom stereocenters. The highest BCUT2D eigenvalue weighted by Crippen LogP contribution is 2.61. The van der Waals surface area contributed by atoms with E-state index in [0.717, 1.165) is 17.8 Å². The van der Waals surface area contributed by atoms with E-state index in [1.807, 2.05) is 6.20 Å². The summed E-state index contributed by atoms with van der Waals surface area (Å²) in [4.78, 5) is 4.62. The Kier molecular flexibility index (Phi) is 2.45. The van der Waals surface area contributed by atoms with E-state index >= 15 is 0 Å². The molecule has 1 aromatic heterocycles. The topological polar surface area (TPSA) is 50.9 Å². The maximum Gasteiger partial charge on any atom is 0.0482 e. The average Bonchev–Trinajstić information content (AvgIpc) is 2.83. The lowest BCUT2D eigenvalue weighted by Gasteiger charge is -2.24. The summed E-state index contributed by atoms with van der Waals surface area (Å²) in [5.41, 5.74) is 5.88. The molecule has 0 bridgehead atoms. The fourth-order valence-electron chi connectivity index (χ4n) is 4.70. The number of nitrogens with zero attached hydrogens (tertiary/aromatic N) is 1. The number of fused-ring (bicyclic) bond motifs is 2. The Balaban J connectivity index is 1.59. The maximum absolute atomic E-state index is 5.88. The molecule has 18 heavy (non-hydrogen) atoms. The lowest BCUT2D eigenvalue weighted by molar-refractivity contribution is 0.350. The number of aryl methyl sites for hydroxylation is 1. The van der Waals surface area contributed by atoms with Crippen LogP contribution in [0, 0.1) is 17.8 Å². The average molecular weight is 243 g/mol. The van der Waals surface area contributed by atoms with Gasteiger partial charge in [0.15, 0.2) is 0 Å². The quantitative estimate of drug-likeness (QED) is 0.630. The molecule has 1 aromatic rings. The first kappa shape index (κ1) is 10.9. The van der Waals surface area contributed by atoms with E-state index in [9.17, 15) is 0 Å². The highest BCUT2D eigenvalue weighted by molar-refractivity contribution is 5.31. The molecule has 4 rings (SSSR count). The van der Waals surface area contributed by atoms with Crippen LogP contribution >= 0.6 is 0 Å². The predicted molar refractivity (Wildman–Crippen MR) is 70.7 cm³/mol. The zero-order valence-corrected chi connectivity index (χ0v) is 10.7. The fraction of sp³-hybridized carbons (Fsp3) is 0.667. The van der Waals surface area contributed by atoms with Crippen LogP contribution < -0.4 is 11.3 Å². The van der Waals surface area contributed by atoms with Crippen molar-refractivity contribution in [2.45, 2.75) is 44.1 Å². The second-order valence-corrected chi connectivity index (χ2v) is 6.22. The van der Waals surface area contributed by atoms with Crippen LogP contribution in [0.15, 0.2) is 18.3 Å². The lowest BCUT2D eigenvalue weighted by atomic mass is 9.90. The third-order valence-corrected chi connectivity index (χ3v) is 5.52. The van der Waals surface area contributed by atoms with E-state index < -0.39 is 0 Å². The smallest absolute Gasteiger partial charge is 0.0482 e. The molecule has 3 aliphatic rings. The highest BCUT2D eigenvalue weighted by Gasteiger charge is 2.57. The third-order valence-electron chi connectivity index (χ3n) is 5.52. The van der Waals surface area contributed by atoms with Gasteiger partial charge in [-0.05, 0) is 55.1 Å². The van der Waals surface area contributed by atoms with Crippen LogP contribution in [0.2, 0.25) is 0 Å².